The molecule has 0 fully saturated rings. The van der Waals surface area contributed by atoms with E-state index in [1.807, 2.05) is 31.5 Å². The molecule has 1 heterocycles. The molecular weight excluding hydrogens is 337 g/mol. The van der Waals surface area contributed by atoms with E-state index in [4.69, 9.17) is 0 Å². The Morgan fingerprint density at radius 2 is 1.96 bits per heavy atom. The number of hydrogen-bond donors (Lipinski definition) is 3. The normalized spacial score (nSPS) is 11.7. The Labute approximate surface area is 152 Å². The number of nitrogens with zero attached hydrogens (tertiary/aromatic N) is 2. The average molecular weight is 361 g/mol. The largest absolute Gasteiger partial charge is 0.334 e. The minimum atomic E-state index is -0.583. The lowest BCUT2D eigenvalue weighted by molar-refractivity contribution is -0.115. The van der Waals surface area contributed by atoms with Crippen LogP contribution in [0.15, 0.2) is 24.3 Å². The molecule has 8 heteroatoms. The maximum Gasteiger partial charge on any atom is 0.319 e. The van der Waals surface area contributed by atoms with Gasteiger partial charge in [0.1, 0.15) is 5.82 Å². The van der Waals surface area contributed by atoms with E-state index in [1.54, 1.807) is 6.92 Å². The lowest BCUT2D eigenvalue weighted by Gasteiger charge is -2.16. The van der Waals surface area contributed by atoms with E-state index in [-0.39, 0.29) is 17.6 Å². The van der Waals surface area contributed by atoms with Crippen LogP contribution >= 0.6 is 0 Å². The highest BCUT2D eigenvalue weighted by Gasteiger charge is 2.13. The number of hydrogen-bond acceptors (Lipinski definition) is 3. The number of aryl methyl sites for hydroxylation is 2. The fraction of sp³-hybridized carbons (Fsp3) is 0.389. The highest BCUT2D eigenvalue weighted by atomic mass is 19.1. The fourth-order valence-corrected chi connectivity index (χ4v) is 2.50. The zero-order valence-electron chi connectivity index (χ0n) is 15.4. The van der Waals surface area contributed by atoms with E-state index in [0.29, 0.717) is 18.7 Å². The molecule has 0 aliphatic rings. The van der Waals surface area contributed by atoms with Gasteiger partial charge < -0.3 is 16.0 Å². The summed E-state index contributed by atoms with van der Waals surface area (Å²) in [5, 5.41) is 12.2. The van der Waals surface area contributed by atoms with Crippen molar-refractivity contribution in [2.24, 2.45) is 0 Å². The summed E-state index contributed by atoms with van der Waals surface area (Å²) in [5.41, 5.74) is 2.33. The van der Waals surface area contributed by atoms with Crippen LogP contribution in [0.5, 0.6) is 0 Å². The Balaban J connectivity index is 1.97. The van der Waals surface area contributed by atoms with E-state index >= 15 is 0 Å². The van der Waals surface area contributed by atoms with Crippen LogP contribution < -0.4 is 16.0 Å². The highest BCUT2D eigenvalue weighted by molar-refractivity contribution is 5.93. The number of halogens is 1. The van der Waals surface area contributed by atoms with Gasteiger partial charge in [-0.05, 0) is 45.0 Å². The predicted octanol–water partition coefficient (Wildman–Crippen LogP) is 3.20. The van der Waals surface area contributed by atoms with Crippen molar-refractivity contribution in [3.8, 4) is 0 Å². The number of urea groups is 1. The van der Waals surface area contributed by atoms with Crippen LogP contribution in [0.3, 0.4) is 0 Å². The van der Waals surface area contributed by atoms with Gasteiger partial charge in [-0.25, -0.2) is 9.18 Å². The van der Waals surface area contributed by atoms with Crippen LogP contribution in [-0.4, -0.2) is 27.8 Å². The first-order chi connectivity index (χ1) is 12.3. The second-order valence-electron chi connectivity index (χ2n) is 6.21. The Hall–Kier alpha value is -2.90. The van der Waals surface area contributed by atoms with Crippen molar-refractivity contribution in [3.05, 3.63) is 41.5 Å². The lowest BCUT2D eigenvalue weighted by atomic mass is 10.2. The number of aromatic nitrogens is 2. The molecule has 3 amide bonds. The maximum absolute atomic E-state index is 13.9. The Morgan fingerprint density at radius 3 is 2.58 bits per heavy atom. The molecular formula is C18H24FN5O2. The first kappa shape index (κ1) is 19.4. The molecule has 0 aliphatic heterocycles. The minimum Gasteiger partial charge on any atom is -0.334 e. The number of rotatable bonds is 6. The maximum atomic E-state index is 13.9. The quantitative estimate of drug-likeness (QED) is 0.738. The van der Waals surface area contributed by atoms with Gasteiger partial charge in [-0.1, -0.05) is 6.92 Å². The molecule has 0 spiro atoms. The van der Waals surface area contributed by atoms with Crippen LogP contribution in [0.4, 0.5) is 20.6 Å². The van der Waals surface area contributed by atoms with Gasteiger partial charge in [-0.2, -0.15) is 5.10 Å². The summed E-state index contributed by atoms with van der Waals surface area (Å²) >= 11 is 0. The first-order valence-corrected chi connectivity index (χ1v) is 8.46. The van der Waals surface area contributed by atoms with Crippen LogP contribution in [0.25, 0.3) is 0 Å². The van der Waals surface area contributed by atoms with E-state index in [9.17, 15) is 14.0 Å². The van der Waals surface area contributed by atoms with Crippen molar-refractivity contribution in [3.63, 3.8) is 0 Å². The highest BCUT2D eigenvalue weighted by Crippen LogP contribution is 2.19. The molecule has 140 valence electrons. The molecule has 2 aromatic rings. The summed E-state index contributed by atoms with van der Waals surface area (Å²) in [7, 11) is 0. The molecule has 0 bridgehead atoms. The molecule has 2 rings (SSSR count). The zero-order chi connectivity index (χ0) is 19.3. The summed E-state index contributed by atoms with van der Waals surface area (Å²) in [6, 6.07) is 5.24. The summed E-state index contributed by atoms with van der Waals surface area (Å²) in [4.78, 5) is 23.6. The summed E-state index contributed by atoms with van der Waals surface area (Å²) in [6.45, 7) is 7.90. The van der Waals surface area contributed by atoms with Crippen LogP contribution in [0, 0.1) is 19.7 Å². The van der Waals surface area contributed by atoms with Crippen LogP contribution in [0.1, 0.15) is 31.7 Å². The molecule has 1 atom stereocenters. The molecule has 0 saturated carbocycles. The van der Waals surface area contributed by atoms with Gasteiger partial charge in [-0.15, -0.1) is 0 Å². The van der Waals surface area contributed by atoms with Gasteiger partial charge in [0.25, 0.3) is 0 Å². The number of nitrogens with one attached hydrogen (secondary N) is 3. The van der Waals surface area contributed by atoms with Gasteiger partial charge >= 0.3 is 6.03 Å². The first-order valence-electron chi connectivity index (χ1n) is 8.46. The Bertz CT molecular complexity index is 803. The summed E-state index contributed by atoms with van der Waals surface area (Å²) in [6.07, 6.45) is 0.310. The van der Waals surface area contributed by atoms with Crippen molar-refractivity contribution in [1.82, 2.24) is 15.1 Å². The van der Waals surface area contributed by atoms with E-state index in [0.717, 1.165) is 11.4 Å². The van der Waals surface area contributed by atoms with Crippen LogP contribution in [0.2, 0.25) is 0 Å². The predicted molar refractivity (Wildman–Crippen MR) is 98.6 cm³/mol. The SMILES string of the molecule is CCC(=O)Nc1ccc(F)c(NC(=O)NC(C)Cn2nc(C)cc2C)c1. The molecule has 1 aromatic heterocycles. The average Bonchev–Trinajstić information content (AvgIpc) is 2.87. The smallest absolute Gasteiger partial charge is 0.319 e. The lowest BCUT2D eigenvalue weighted by Crippen LogP contribution is -2.39. The van der Waals surface area contributed by atoms with Crippen molar-refractivity contribution < 1.29 is 14.0 Å². The molecule has 26 heavy (non-hydrogen) atoms. The molecule has 1 unspecified atom stereocenters. The standard InChI is InChI=1S/C18H24FN5O2/c1-5-17(25)21-14-6-7-15(19)16(9-14)22-18(26)20-12(3)10-24-13(4)8-11(2)23-24/h6-9,12H,5,10H2,1-4H3,(H,21,25)(H2,20,22,26). The third-order valence-electron chi connectivity index (χ3n) is 3.75. The van der Waals surface area contributed by atoms with Crippen LogP contribution in [-0.2, 0) is 11.3 Å². The number of benzene rings is 1. The zero-order valence-corrected chi connectivity index (χ0v) is 15.4. The Kier molecular flexibility index (Phi) is 6.32. The molecule has 3 N–H and O–H groups in total. The second-order valence-corrected chi connectivity index (χ2v) is 6.21. The van der Waals surface area contributed by atoms with Gasteiger partial charge in [-0.3, -0.25) is 9.48 Å². The number of amides is 3. The second kappa shape index (κ2) is 8.46. The number of carbonyl (C=O) groups is 2. The van der Waals surface area contributed by atoms with E-state index in [1.165, 1.54) is 18.2 Å². The monoisotopic (exact) mass is 361 g/mol. The van der Waals surface area contributed by atoms with Crippen molar-refractivity contribution in [2.45, 2.75) is 46.7 Å². The van der Waals surface area contributed by atoms with Crippen molar-refractivity contribution in [2.75, 3.05) is 10.6 Å². The van der Waals surface area contributed by atoms with Crippen molar-refractivity contribution >= 4 is 23.3 Å². The minimum absolute atomic E-state index is 0.00489. The fourth-order valence-electron chi connectivity index (χ4n) is 2.50. The third kappa shape index (κ3) is 5.30. The molecule has 7 nitrogen and oxygen atoms in total. The van der Waals surface area contributed by atoms with Gasteiger partial charge in [0.15, 0.2) is 0 Å². The Morgan fingerprint density at radius 1 is 1.23 bits per heavy atom. The van der Waals surface area contributed by atoms with Gasteiger partial charge in [0.05, 0.1) is 17.9 Å². The van der Waals surface area contributed by atoms with Crippen molar-refractivity contribution in [1.29, 1.82) is 0 Å². The molecule has 1 aromatic carbocycles. The number of anilines is 2. The van der Waals surface area contributed by atoms with E-state index < -0.39 is 11.8 Å². The molecule has 0 aliphatic carbocycles. The molecule has 0 saturated heterocycles. The number of carbonyl (C=O) groups excluding carboxylic acids is 2. The summed E-state index contributed by atoms with van der Waals surface area (Å²) in [5.74, 6) is -0.772. The molecule has 0 radical (unpaired) electrons. The van der Waals surface area contributed by atoms with Gasteiger partial charge in [0.2, 0.25) is 5.91 Å². The third-order valence-corrected chi connectivity index (χ3v) is 3.75. The summed E-state index contributed by atoms with van der Waals surface area (Å²) < 4.78 is 15.7. The topological polar surface area (TPSA) is 88.0 Å². The van der Waals surface area contributed by atoms with Gasteiger partial charge in [0, 0.05) is 23.8 Å². The van der Waals surface area contributed by atoms with E-state index in [2.05, 4.69) is 21.0 Å².